The second kappa shape index (κ2) is 8.15. The van der Waals surface area contributed by atoms with E-state index in [2.05, 4.69) is 19.9 Å². The fraction of sp³-hybridized carbons (Fsp3) is 0.600. The molecular formula is C20H27NO2. The van der Waals surface area contributed by atoms with Crippen LogP contribution in [0.5, 0.6) is 0 Å². The highest BCUT2D eigenvalue weighted by Gasteiger charge is 2.36. The Morgan fingerprint density at radius 1 is 1.22 bits per heavy atom. The van der Waals surface area contributed by atoms with Gasteiger partial charge in [-0.25, -0.2) is 4.79 Å². The van der Waals surface area contributed by atoms with E-state index in [4.69, 9.17) is 4.74 Å². The Morgan fingerprint density at radius 2 is 1.87 bits per heavy atom. The molecule has 0 saturated heterocycles. The summed E-state index contributed by atoms with van der Waals surface area (Å²) in [5, 5.41) is 9.43. The predicted octanol–water partition coefficient (Wildman–Crippen LogP) is 5.05. The van der Waals surface area contributed by atoms with Crippen molar-refractivity contribution >= 4 is 5.97 Å². The molecule has 0 unspecified atom stereocenters. The Morgan fingerprint density at radius 3 is 2.39 bits per heavy atom. The molecular weight excluding hydrogens is 286 g/mol. The first-order chi connectivity index (χ1) is 11.1. The molecule has 0 N–H and O–H groups in total. The van der Waals surface area contributed by atoms with Crippen molar-refractivity contribution in [2.75, 3.05) is 0 Å². The molecule has 0 atom stereocenters. The topological polar surface area (TPSA) is 50.1 Å². The molecule has 0 spiro atoms. The number of ether oxygens (including phenoxy) is 1. The van der Waals surface area contributed by atoms with Gasteiger partial charge in [0, 0.05) is 0 Å². The zero-order valence-electron chi connectivity index (χ0n) is 14.3. The van der Waals surface area contributed by atoms with Gasteiger partial charge in [-0.15, -0.1) is 0 Å². The molecule has 1 aromatic rings. The van der Waals surface area contributed by atoms with E-state index in [1.54, 1.807) is 0 Å². The van der Waals surface area contributed by atoms with Gasteiger partial charge in [0.1, 0.15) is 6.10 Å². The summed E-state index contributed by atoms with van der Waals surface area (Å²) in [5.41, 5.74) is 1.68. The Kier molecular flexibility index (Phi) is 6.21. The molecule has 23 heavy (non-hydrogen) atoms. The van der Waals surface area contributed by atoms with Crippen molar-refractivity contribution in [3.8, 4) is 6.07 Å². The molecule has 0 radical (unpaired) electrons. The highest BCUT2D eigenvalue weighted by atomic mass is 16.5. The number of hydrogen-bond acceptors (Lipinski definition) is 3. The van der Waals surface area contributed by atoms with Crippen molar-refractivity contribution in [1.82, 2.24) is 0 Å². The van der Waals surface area contributed by atoms with Gasteiger partial charge < -0.3 is 4.74 Å². The fourth-order valence-corrected chi connectivity index (χ4v) is 3.47. The third-order valence-corrected chi connectivity index (χ3v) is 4.86. The maximum atomic E-state index is 12.3. The number of nitriles is 1. The molecule has 0 bridgehead atoms. The van der Waals surface area contributed by atoms with E-state index >= 15 is 0 Å². The van der Waals surface area contributed by atoms with Crippen LogP contribution >= 0.6 is 0 Å². The largest absolute Gasteiger partial charge is 0.459 e. The number of rotatable bonds is 6. The predicted molar refractivity (Wildman–Crippen MR) is 91.1 cm³/mol. The standard InChI is InChI=1S/C20H27NO2/c1-3-5-16-6-8-17(9-7-16)19(22)23-18-10-13-20(15-21,12-4-2)14-11-18/h6-9,18H,3-5,10-14H2,1-2H3/t18-,20-. The molecule has 0 aromatic heterocycles. The van der Waals surface area contributed by atoms with Crippen molar-refractivity contribution in [2.24, 2.45) is 5.41 Å². The van der Waals surface area contributed by atoms with Crippen LogP contribution in [0.25, 0.3) is 0 Å². The minimum absolute atomic E-state index is 0.0452. The third kappa shape index (κ3) is 4.58. The first-order valence-corrected chi connectivity index (χ1v) is 8.83. The van der Waals surface area contributed by atoms with Gasteiger partial charge in [0.15, 0.2) is 0 Å². The maximum absolute atomic E-state index is 12.3. The van der Waals surface area contributed by atoms with Crippen LogP contribution in [0.2, 0.25) is 0 Å². The smallest absolute Gasteiger partial charge is 0.338 e. The molecule has 124 valence electrons. The summed E-state index contributed by atoms with van der Waals surface area (Å²) in [6.07, 6.45) is 7.34. The van der Waals surface area contributed by atoms with Gasteiger partial charge in [0.25, 0.3) is 0 Å². The second-order valence-corrected chi connectivity index (χ2v) is 6.69. The van der Waals surface area contributed by atoms with Crippen LogP contribution in [0.15, 0.2) is 24.3 Å². The van der Waals surface area contributed by atoms with Gasteiger partial charge in [-0.3, -0.25) is 0 Å². The monoisotopic (exact) mass is 313 g/mol. The van der Waals surface area contributed by atoms with Crippen LogP contribution in [-0.2, 0) is 11.2 Å². The van der Waals surface area contributed by atoms with E-state index in [-0.39, 0.29) is 17.5 Å². The van der Waals surface area contributed by atoms with Gasteiger partial charge in [-0.05, 0) is 56.2 Å². The van der Waals surface area contributed by atoms with Crippen LogP contribution < -0.4 is 0 Å². The minimum atomic E-state index is -0.238. The lowest BCUT2D eigenvalue weighted by molar-refractivity contribution is 0.0106. The van der Waals surface area contributed by atoms with Crippen LogP contribution in [0.4, 0.5) is 0 Å². The molecule has 1 fully saturated rings. The highest BCUT2D eigenvalue weighted by Crippen LogP contribution is 2.40. The summed E-state index contributed by atoms with van der Waals surface area (Å²) < 4.78 is 5.64. The minimum Gasteiger partial charge on any atom is -0.459 e. The summed E-state index contributed by atoms with van der Waals surface area (Å²) in [5.74, 6) is -0.238. The number of esters is 1. The van der Waals surface area contributed by atoms with Gasteiger partial charge in [0.05, 0.1) is 17.0 Å². The molecule has 0 heterocycles. The van der Waals surface area contributed by atoms with Gasteiger partial charge in [-0.1, -0.05) is 38.8 Å². The SMILES string of the molecule is CCCc1ccc(C(=O)O[C@H]2CC[C@@](C#N)(CCC)CC2)cc1. The number of carbonyl (C=O) groups excluding carboxylic acids is 1. The lowest BCUT2D eigenvalue weighted by atomic mass is 9.71. The fourth-order valence-electron chi connectivity index (χ4n) is 3.47. The third-order valence-electron chi connectivity index (χ3n) is 4.86. The second-order valence-electron chi connectivity index (χ2n) is 6.69. The van der Waals surface area contributed by atoms with E-state index in [1.807, 2.05) is 24.3 Å². The number of hydrogen-bond donors (Lipinski definition) is 0. The molecule has 3 heteroatoms. The van der Waals surface area contributed by atoms with Crippen LogP contribution in [-0.4, -0.2) is 12.1 Å². The molecule has 1 aromatic carbocycles. The Bertz CT molecular complexity index is 548. The van der Waals surface area contributed by atoms with Crippen molar-refractivity contribution in [2.45, 2.75) is 71.3 Å². The van der Waals surface area contributed by atoms with Crippen molar-refractivity contribution in [3.05, 3.63) is 35.4 Å². The lowest BCUT2D eigenvalue weighted by Gasteiger charge is -2.34. The zero-order valence-corrected chi connectivity index (χ0v) is 14.3. The Labute approximate surface area is 139 Å². The Balaban J connectivity index is 1.88. The molecule has 0 amide bonds. The molecule has 3 nitrogen and oxygen atoms in total. The van der Waals surface area contributed by atoms with Gasteiger partial charge >= 0.3 is 5.97 Å². The van der Waals surface area contributed by atoms with Crippen LogP contribution in [0.3, 0.4) is 0 Å². The zero-order chi connectivity index (χ0) is 16.7. The average molecular weight is 313 g/mol. The molecule has 1 saturated carbocycles. The number of nitrogens with zero attached hydrogens (tertiary/aromatic N) is 1. The van der Waals surface area contributed by atoms with E-state index in [0.29, 0.717) is 5.56 Å². The first kappa shape index (κ1) is 17.5. The normalized spacial score (nSPS) is 24.0. The quantitative estimate of drug-likeness (QED) is 0.691. The highest BCUT2D eigenvalue weighted by molar-refractivity contribution is 5.89. The maximum Gasteiger partial charge on any atom is 0.338 e. The number of carbonyl (C=O) groups is 1. The van der Waals surface area contributed by atoms with Crippen molar-refractivity contribution in [1.29, 1.82) is 5.26 Å². The number of aryl methyl sites for hydroxylation is 1. The summed E-state index contributed by atoms with van der Waals surface area (Å²) in [6, 6.07) is 10.2. The van der Waals surface area contributed by atoms with Crippen LogP contribution in [0.1, 0.15) is 74.7 Å². The molecule has 1 aliphatic rings. The van der Waals surface area contributed by atoms with E-state index < -0.39 is 0 Å². The van der Waals surface area contributed by atoms with Crippen molar-refractivity contribution < 1.29 is 9.53 Å². The van der Waals surface area contributed by atoms with E-state index in [0.717, 1.165) is 51.4 Å². The van der Waals surface area contributed by atoms with E-state index in [1.165, 1.54) is 5.56 Å². The summed E-state index contributed by atoms with van der Waals surface area (Å²) in [4.78, 5) is 12.3. The van der Waals surface area contributed by atoms with Gasteiger partial charge in [-0.2, -0.15) is 5.26 Å². The van der Waals surface area contributed by atoms with Crippen molar-refractivity contribution in [3.63, 3.8) is 0 Å². The van der Waals surface area contributed by atoms with Gasteiger partial charge in [0.2, 0.25) is 0 Å². The summed E-state index contributed by atoms with van der Waals surface area (Å²) in [7, 11) is 0. The molecule has 0 aliphatic heterocycles. The molecule has 1 aliphatic carbocycles. The van der Waals surface area contributed by atoms with Crippen LogP contribution in [0, 0.1) is 16.7 Å². The Hall–Kier alpha value is -1.82. The lowest BCUT2D eigenvalue weighted by Crippen LogP contribution is -2.31. The summed E-state index contributed by atoms with van der Waals surface area (Å²) in [6.45, 7) is 4.26. The average Bonchev–Trinajstić information content (AvgIpc) is 2.58. The summed E-state index contributed by atoms with van der Waals surface area (Å²) >= 11 is 0. The first-order valence-electron chi connectivity index (χ1n) is 8.83. The van der Waals surface area contributed by atoms with E-state index in [9.17, 15) is 10.1 Å². The number of benzene rings is 1. The molecule has 2 rings (SSSR count).